The van der Waals surface area contributed by atoms with Gasteiger partial charge >= 0.3 is 0 Å². The Morgan fingerprint density at radius 3 is 2.63 bits per heavy atom. The summed E-state index contributed by atoms with van der Waals surface area (Å²) in [7, 11) is 2.03. The van der Waals surface area contributed by atoms with Gasteiger partial charge in [-0.1, -0.05) is 6.42 Å². The van der Waals surface area contributed by atoms with Crippen LogP contribution in [0.15, 0.2) is 18.2 Å². The molecule has 1 aromatic carbocycles. The van der Waals surface area contributed by atoms with E-state index in [0.717, 1.165) is 36.6 Å². The number of rotatable bonds is 3. The molecule has 0 aromatic heterocycles. The standard InChI is InChI=1S/C15H18N2O2/c1-17(11-15(10-16)5-2-6-15)12-3-4-13-14(9-12)19-8-7-18-13/h3-4,9H,2,5-8,11H2,1H3. The molecule has 0 unspecified atom stereocenters. The summed E-state index contributed by atoms with van der Waals surface area (Å²) in [6.45, 7) is 1.99. The lowest BCUT2D eigenvalue weighted by atomic mass is 9.69. The molecule has 0 atom stereocenters. The van der Waals surface area contributed by atoms with E-state index in [4.69, 9.17) is 9.47 Å². The molecule has 1 saturated carbocycles. The molecule has 0 bridgehead atoms. The van der Waals surface area contributed by atoms with Crippen molar-refractivity contribution < 1.29 is 9.47 Å². The van der Waals surface area contributed by atoms with Gasteiger partial charge in [0.05, 0.1) is 11.5 Å². The van der Waals surface area contributed by atoms with E-state index in [-0.39, 0.29) is 5.41 Å². The van der Waals surface area contributed by atoms with Crippen LogP contribution < -0.4 is 14.4 Å². The molecule has 1 aromatic rings. The minimum atomic E-state index is -0.151. The number of fused-ring (bicyclic) bond motifs is 1. The Bertz CT molecular complexity index is 517. The molecule has 1 heterocycles. The Hall–Kier alpha value is -1.89. The minimum Gasteiger partial charge on any atom is -0.486 e. The van der Waals surface area contributed by atoms with E-state index in [0.29, 0.717) is 13.2 Å². The normalized spacial score (nSPS) is 19.2. The third-order valence-corrected chi connectivity index (χ3v) is 4.05. The fraction of sp³-hybridized carbons (Fsp3) is 0.533. The molecule has 0 radical (unpaired) electrons. The molecule has 1 aliphatic carbocycles. The molecule has 1 aliphatic heterocycles. The minimum absolute atomic E-state index is 0.151. The van der Waals surface area contributed by atoms with Crippen molar-refractivity contribution in [3.63, 3.8) is 0 Å². The molecule has 4 nitrogen and oxygen atoms in total. The van der Waals surface area contributed by atoms with Crippen LogP contribution in [0.4, 0.5) is 5.69 Å². The molecule has 1 fully saturated rings. The SMILES string of the molecule is CN(CC1(C#N)CCC1)c1ccc2c(c1)OCCO2. The van der Waals surface area contributed by atoms with Crippen LogP contribution >= 0.6 is 0 Å². The lowest BCUT2D eigenvalue weighted by molar-refractivity contribution is 0.171. The van der Waals surface area contributed by atoms with Gasteiger partial charge in [0.1, 0.15) is 13.2 Å². The molecule has 0 saturated heterocycles. The van der Waals surface area contributed by atoms with E-state index in [1.165, 1.54) is 6.42 Å². The summed E-state index contributed by atoms with van der Waals surface area (Å²) < 4.78 is 11.1. The summed E-state index contributed by atoms with van der Waals surface area (Å²) in [6, 6.07) is 8.45. The van der Waals surface area contributed by atoms with Gasteiger partial charge in [-0.2, -0.15) is 5.26 Å². The predicted octanol–water partition coefficient (Wildman–Crippen LogP) is 2.59. The molecule has 4 heteroatoms. The van der Waals surface area contributed by atoms with Gasteiger partial charge in [-0.3, -0.25) is 0 Å². The van der Waals surface area contributed by atoms with Crippen molar-refractivity contribution in [3.8, 4) is 17.6 Å². The number of hydrogen-bond acceptors (Lipinski definition) is 4. The van der Waals surface area contributed by atoms with Crippen molar-refractivity contribution in [2.45, 2.75) is 19.3 Å². The van der Waals surface area contributed by atoms with Crippen LogP contribution in [0, 0.1) is 16.7 Å². The van der Waals surface area contributed by atoms with Gasteiger partial charge in [-0.25, -0.2) is 0 Å². The van der Waals surface area contributed by atoms with Crippen LogP contribution in [0.2, 0.25) is 0 Å². The van der Waals surface area contributed by atoms with Gasteiger partial charge in [-0.15, -0.1) is 0 Å². The molecule has 0 amide bonds. The zero-order valence-corrected chi connectivity index (χ0v) is 11.2. The first-order chi connectivity index (χ1) is 9.22. The fourth-order valence-electron chi connectivity index (χ4n) is 2.72. The Morgan fingerprint density at radius 2 is 2.00 bits per heavy atom. The highest BCUT2D eigenvalue weighted by atomic mass is 16.6. The van der Waals surface area contributed by atoms with Crippen LogP contribution in [0.3, 0.4) is 0 Å². The van der Waals surface area contributed by atoms with Crippen LogP contribution in [0.25, 0.3) is 0 Å². The van der Waals surface area contributed by atoms with E-state index in [2.05, 4.69) is 11.0 Å². The van der Waals surface area contributed by atoms with Crippen molar-refractivity contribution in [2.24, 2.45) is 5.41 Å². The quantitative estimate of drug-likeness (QED) is 0.836. The largest absolute Gasteiger partial charge is 0.486 e. The highest BCUT2D eigenvalue weighted by Crippen LogP contribution is 2.42. The van der Waals surface area contributed by atoms with Crippen molar-refractivity contribution in [1.82, 2.24) is 0 Å². The Labute approximate surface area is 113 Å². The smallest absolute Gasteiger partial charge is 0.163 e. The molecule has 100 valence electrons. The van der Waals surface area contributed by atoms with E-state index in [9.17, 15) is 5.26 Å². The zero-order valence-electron chi connectivity index (χ0n) is 11.2. The van der Waals surface area contributed by atoms with Gasteiger partial charge in [0.25, 0.3) is 0 Å². The summed E-state index contributed by atoms with van der Waals surface area (Å²) >= 11 is 0. The second-order valence-electron chi connectivity index (χ2n) is 5.43. The average Bonchev–Trinajstić information content (AvgIpc) is 2.42. The topological polar surface area (TPSA) is 45.5 Å². The second-order valence-corrected chi connectivity index (χ2v) is 5.43. The van der Waals surface area contributed by atoms with Crippen molar-refractivity contribution >= 4 is 5.69 Å². The number of hydrogen-bond donors (Lipinski definition) is 0. The van der Waals surface area contributed by atoms with Crippen molar-refractivity contribution in [2.75, 3.05) is 31.7 Å². The summed E-state index contributed by atoms with van der Waals surface area (Å²) in [5.74, 6) is 1.61. The van der Waals surface area contributed by atoms with Gasteiger partial charge in [0.15, 0.2) is 11.5 Å². The molecule has 0 spiro atoms. The zero-order chi connectivity index (χ0) is 13.3. The Balaban J connectivity index is 1.76. The highest BCUT2D eigenvalue weighted by molar-refractivity contribution is 5.56. The number of benzene rings is 1. The number of ether oxygens (including phenoxy) is 2. The summed E-state index contributed by atoms with van der Waals surface area (Å²) in [6.07, 6.45) is 3.19. The van der Waals surface area contributed by atoms with E-state index >= 15 is 0 Å². The van der Waals surface area contributed by atoms with E-state index in [1.54, 1.807) is 0 Å². The predicted molar refractivity (Wildman–Crippen MR) is 72.6 cm³/mol. The first-order valence-corrected chi connectivity index (χ1v) is 6.74. The fourth-order valence-corrected chi connectivity index (χ4v) is 2.72. The van der Waals surface area contributed by atoms with Gasteiger partial charge < -0.3 is 14.4 Å². The first-order valence-electron chi connectivity index (χ1n) is 6.74. The summed E-state index contributed by atoms with van der Waals surface area (Å²) in [4.78, 5) is 2.14. The first kappa shape index (κ1) is 12.2. The lowest BCUT2D eigenvalue weighted by Gasteiger charge is -2.39. The number of nitriles is 1. The molecule has 0 N–H and O–H groups in total. The maximum absolute atomic E-state index is 9.30. The molecular formula is C15H18N2O2. The van der Waals surface area contributed by atoms with Gasteiger partial charge in [0.2, 0.25) is 0 Å². The van der Waals surface area contributed by atoms with Crippen LogP contribution in [0.1, 0.15) is 19.3 Å². The monoisotopic (exact) mass is 258 g/mol. The highest BCUT2D eigenvalue weighted by Gasteiger charge is 2.38. The summed E-state index contributed by atoms with van der Waals surface area (Å²) in [5.41, 5.74) is 0.924. The molecular weight excluding hydrogens is 240 g/mol. The van der Waals surface area contributed by atoms with Gasteiger partial charge in [0, 0.05) is 25.3 Å². The Morgan fingerprint density at radius 1 is 1.26 bits per heavy atom. The third kappa shape index (κ3) is 2.21. The molecule has 19 heavy (non-hydrogen) atoms. The summed E-state index contributed by atoms with van der Waals surface area (Å²) in [5, 5.41) is 9.30. The molecule has 2 aliphatic rings. The second kappa shape index (κ2) is 4.65. The Kier molecular flexibility index (Phi) is 2.98. The van der Waals surface area contributed by atoms with Crippen LogP contribution in [0.5, 0.6) is 11.5 Å². The van der Waals surface area contributed by atoms with Crippen LogP contribution in [-0.2, 0) is 0 Å². The van der Waals surface area contributed by atoms with Crippen molar-refractivity contribution in [1.29, 1.82) is 5.26 Å². The van der Waals surface area contributed by atoms with Crippen molar-refractivity contribution in [3.05, 3.63) is 18.2 Å². The maximum atomic E-state index is 9.30. The van der Waals surface area contributed by atoms with Gasteiger partial charge in [-0.05, 0) is 25.0 Å². The third-order valence-electron chi connectivity index (χ3n) is 4.05. The number of anilines is 1. The van der Waals surface area contributed by atoms with Crippen LogP contribution in [-0.4, -0.2) is 26.8 Å². The maximum Gasteiger partial charge on any atom is 0.163 e. The van der Waals surface area contributed by atoms with E-state index < -0.39 is 0 Å². The average molecular weight is 258 g/mol. The number of nitrogens with zero attached hydrogens (tertiary/aromatic N) is 2. The van der Waals surface area contributed by atoms with E-state index in [1.807, 2.05) is 25.2 Å². The molecule has 3 rings (SSSR count). The lowest BCUT2D eigenvalue weighted by Crippen LogP contribution is -2.39.